The summed E-state index contributed by atoms with van der Waals surface area (Å²) in [6.45, 7) is 1.70. The number of amides is 1. The monoisotopic (exact) mass is 755 g/mol. The highest BCUT2D eigenvalue weighted by atomic mass is 32.1. The molecule has 4 saturated heterocycles. The van der Waals surface area contributed by atoms with Crippen molar-refractivity contribution in [2.24, 2.45) is 0 Å². The van der Waals surface area contributed by atoms with E-state index >= 15 is 8.78 Å². The van der Waals surface area contributed by atoms with Crippen molar-refractivity contribution in [3.63, 3.8) is 0 Å². The Bertz CT molecular complexity index is 2390. The summed E-state index contributed by atoms with van der Waals surface area (Å²) in [4.78, 5) is 36.8. The number of nitrogens with zero attached hydrogens (tertiary/aromatic N) is 7. The second-order valence-electron chi connectivity index (χ2n) is 14.4. The first-order valence-corrected chi connectivity index (χ1v) is 18.6. The fourth-order valence-electron chi connectivity index (χ4n) is 8.92. The number of phenols is 1. The van der Waals surface area contributed by atoms with Crippen molar-refractivity contribution in [2.45, 2.75) is 55.9 Å². The molecule has 4 aliphatic heterocycles. The lowest BCUT2D eigenvalue weighted by atomic mass is 9.95. The lowest BCUT2D eigenvalue weighted by molar-refractivity contribution is -0.131. The van der Waals surface area contributed by atoms with Crippen LogP contribution in [-0.2, 0) is 4.79 Å². The number of hydrogen-bond donors (Lipinski definition) is 1. The molecule has 2 aromatic carbocycles. The fraction of sp³-hybridized carbons (Fsp3) is 0.359. The number of ether oxygens (including phenoxy) is 1. The molecule has 1 N–H and O–H groups in total. The van der Waals surface area contributed by atoms with Crippen LogP contribution in [0.25, 0.3) is 39.0 Å². The minimum atomic E-state index is -0.987. The zero-order chi connectivity index (χ0) is 37.3. The van der Waals surface area contributed by atoms with E-state index in [2.05, 4.69) is 25.8 Å². The third-order valence-electron chi connectivity index (χ3n) is 11.2. The van der Waals surface area contributed by atoms with Crippen molar-refractivity contribution < 1.29 is 32.2 Å². The predicted octanol–water partition coefficient (Wildman–Crippen LogP) is 6.41. The van der Waals surface area contributed by atoms with Gasteiger partial charge < -0.3 is 19.6 Å². The van der Waals surface area contributed by atoms with Crippen molar-refractivity contribution in [2.75, 3.05) is 37.7 Å². The third-order valence-corrected chi connectivity index (χ3v) is 12.0. The summed E-state index contributed by atoms with van der Waals surface area (Å²) in [6.07, 6.45) is 12.0. The summed E-state index contributed by atoms with van der Waals surface area (Å²) in [5.41, 5.74) is -0.945. The van der Waals surface area contributed by atoms with Crippen LogP contribution in [0, 0.1) is 24.0 Å². The van der Waals surface area contributed by atoms with E-state index in [1.807, 2.05) is 4.90 Å². The lowest BCUT2D eigenvalue weighted by Gasteiger charge is -2.41. The minimum absolute atomic E-state index is 0.0675. The van der Waals surface area contributed by atoms with Crippen LogP contribution in [0.1, 0.15) is 42.7 Å². The molecule has 5 aromatic rings. The van der Waals surface area contributed by atoms with E-state index in [1.54, 1.807) is 10.3 Å². The summed E-state index contributed by atoms with van der Waals surface area (Å²) in [7, 11) is 0. The molecule has 10 nitrogen and oxygen atoms in total. The van der Waals surface area contributed by atoms with E-state index in [-0.39, 0.29) is 76.7 Å². The molecular weight excluding hydrogens is 723 g/mol. The molecule has 15 heteroatoms. The number of piperazine rings is 1. The molecule has 0 saturated carbocycles. The van der Waals surface area contributed by atoms with Gasteiger partial charge in [0.25, 0.3) is 5.91 Å². The maximum atomic E-state index is 17.0. The molecule has 276 valence electrons. The van der Waals surface area contributed by atoms with Crippen LogP contribution in [0.3, 0.4) is 0 Å². The summed E-state index contributed by atoms with van der Waals surface area (Å²) in [5, 5.41) is 13.5. The van der Waals surface area contributed by atoms with E-state index in [1.165, 1.54) is 48.0 Å². The SMILES string of the molecule is C#Cc1c(F)ccc2cc(O)cc(-c3ncc4c(N5CC6CCC(C5)N6C(=O)/C(F)=C/c5nccs5)nc(OC[C@@]56CCCN5C[C@H](F)C6)nc4c3F)c12. The van der Waals surface area contributed by atoms with Crippen molar-refractivity contribution >= 4 is 50.8 Å². The first-order chi connectivity index (χ1) is 26.1. The molecule has 2 bridgehead atoms. The van der Waals surface area contributed by atoms with Crippen LogP contribution in [0.4, 0.5) is 23.4 Å². The Morgan fingerprint density at radius 3 is 2.72 bits per heavy atom. The number of carbonyl (C=O) groups is 1. The number of hydrogen-bond acceptors (Lipinski definition) is 10. The van der Waals surface area contributed by atoms with Gasteiger partial charge in [0, 0.05) is 60.9 Å². The van der Waals surface area contributed by atoms with E-state index in [0.717, 1.165) is 25.5 Å². The second-order valence-corrected chi connectivity index (χ2v) is 15.3. The number of halogens is 4. The Balaban J connectivity index is 1.13. The largest absolute Gasteiger partial charge is 0.508 e. The molecular formula is C39H33F4N7O3S. The normalized spacial score (nSPS) is 24.1. The van der Waals surface area contributed by atoms with Gasteiger partial charge >= 0.3 is 6.01 Å². The van der Waals surface area contributed by atoms with Crippen LogP contribution >= 0.6 is 11.3 Å². The number of terminal acetylenes is 1. The van der Waals surface area contributed by atoms with Gasteiger partial charge in [0.15, 0.2) is 11.6 Å². The zero-order valence-corrected chi connectivity index (χ0v) is 29.6. The first-order valence-electron chi connectivity index (χ1n) is 17.8. The Kier molecular flexibility index (Phi) is 8.42. The number of aromatic nitrogens is 4. The highest BCUT2D eigenvalue weighted by Gasteiger charge is 2.50. The number of anilines is 1. The summed E-state index contributed by atoms with van der Waals surface area (Å²) >= 11 is 1.23. The first kappa shape index (κ1) is 34.4. The van der Waals surface area contributed by atoms with Crippen molar-refractivity contribution in [3.8, 4) is 35.4 Å². The third kappa shape index (κ3) is 5.70. The number of alkyl halides is 1. The van der Waals surface area contributed by atoms with E-state index in [0.29, 0.717) is 42.0 Å². The summed E-state index contributed by atoms with van der Waals surface area (Å²) in [5.74, 6) is -0.725. The lowest BCUT2D eigenvalue weighted by Crippen LogP contribution is -2.56. The average Bonchev–Trinajstić information content (AvgIpc) is 3.93. The highest BCUT2D eigenvalue weighted by molar-refractivity contribution is 7.10. The molecule has 0 radical (unpaired) electrons. The molecule has 0 aliphatic carbocycles. The number of carbonyl (C=O) groups excluding carboxylic acids is 1. The summed E-state index contributed by atoms with van der Waals surface area (Å²) < 4.78 is 68.1. The maximum absolute atomic E-state index is 17.0. The molecule has 0 spiro atoms. The van der Waals surface area contributed by atoms with E-state index in [9.17, 15) is 18.7 Å². The Hall–Kier alpha value is -5.33. The van der Waals surface area contributed by atoms with Gasteiger partial charge in [-0.3, -0.25) is 14.7 Å². The van der Waals surface area contributed by atoms with Crippen molar-refractivity contribution in [3.05, 3.63) is 70.1 Å². The van der Waals surface area contributed by atoms with Gasteiger partial charge in [0.2, 0.25) is 0 Å². The van der Waals surface area contributed by atoms with Gasteiger partial charge in [-0.1, -0.05) is 12.0 Å². The van der Waals surface area contributed by atoms with Crippen molar-refractivity contribution in [1.82, 2.24) is 29.7 Å². The smallest absolute Gasteiger partial charge is 0.319 e. The van der Waals surface area contributed by atoms with Crippen molar-refractivity contribution in [1.29, 1.82) is 0 Å². The summed E-state index contributed by atoms with van der Waals surface area (Å²) in [6, 6.07) is 4.45. The Morgan fingerprint density at radius 1 is 1.15 bits per heavy atom. The number of rotatable bonds is 7. The van der Waals surface area contributed by atoms with Crippen LogP contribution in [-0.4, -0.2) is 97.3 Å². The molecule has 1 amide bonds. The van der Waals surface area contributed by atoms with Gasteiger partial charge in [-0.2, -0.15) is 9.97 Å². The maximum Gasteiger partial charge on any atom is 0.319 e. The highest BCUT2D eigenvalue weighted by Crippen LogP contribution is 2.43. The fourth-order valence-corrected chi connectivity index (χ4v) is 9.48. The second kappa shape index (κ2) is 13.2. The molecule has 2 unspecified atom stereocenters. The van der Waals surface area contributed by atoms with E-state index < -0.39 is 35.1 Å². The van der Waals surface area contributed by atoms with Crippen LogP contribution in [0.2, 0.25) is 0 Å². The molecule has 4 atom stereocenters. The Morgan fingerprint density at radius 2 is 1.96 bits per heavy atom. The average molecular weight is 756 g/mol. The number of aromatic hydroxyl groups is 1. The van der Waals surface area contributed by atoms with E-state index in [4.69, 9.17) is 16.1 Å². The molecule has 4 aliphatic rings. The quantitative estimate of drug-likeness (QED) is 0.115. The number of benzene rings is 2. The predicted molar refractivity (Wildman–Crippen MR) is 195 cm³/mol. The van der Waals surface area contributed by atoms with Crippen LogP contribution < -0.4 is 9.64 Å². The number of fused-ring (bicyclic) bond motifs is 5. The van der Waals surface area contributed by atoms with Gasteiger partial charge in [-0.25, -0.2) is 22.5 Å². The number of pyridine rings is 1. The van der Waals surface area contributed by atoms with Crippen LogP contribution in [0.15, 0.2) is 47.9 Å². The van der Waals surface area contributed by atoms with Gasteiger partial charge in [-0.15, -0.1) is 17.8 Å². The molecule has 9 rings (SSSR count). The standard InChI is InChI=1S/C39H33F4N7O3S/c1-2-26-29(41)7-4-21-12-25(51)13-27(32(21)26)34-33(43)35-28(16-45-34)36(47-38(46-35)53-20-39-8-3-10-49(39)17-22(40)15-39)48-18-23-5-6-24(19-48)50(23)37(52)30(42)14-31-44-9-11-54-31/h1,4,7,9,11-14,16,22-24,51H,3,5-6,8,10,15,17-20H2/b30-14-/t22-,23?,24?,39+/m1/s1. The topological polar surface area (TPSA) is 108 Å². The molecule has 7 heterocycles. The molecule has 3 aromatic heterocycles. The minimum Gasteiger partial charge on any atom is -0.508 e. The van der Waals surface area contributed by atoms with Crippen LogP contribution in [0.5, 0.6) is 11.8 Å². The number of phenolic OH excluding ortho intramolecular Hbond substituents is 1. The molecule has 4 fully saturated rings. The van der Waals surface area contributed by atoms with Gasteiger partial charge in [0.1, 0.15) is 46.4 Å². The zero-order valence-electron chi connectivity index (χ0n) is 28.8. The van der Waals surface area contributed by atoms with Gasteiger partial charge in [0.05, 0.1) is 28.6 Å². The van der Waals surface area contributed by atoms with Gasteiger partial charge in [-0.05, 0) is 55.8 Å². The molecule has 54 heavy (non-hydrogen) atoms. The Labute approximate surface area is 311 Å². The number of thiazole rings is 1.